The molecule has 0 aliphatic carbocycles. The van der Waals surface area contributed by atoms with Crippen molar-refractivity contribution in [2.45, 2.75) is 17.1 Å². The fourth-order valence-electron chi connectivity index (χ4n) is 1.46. The highest BCUT2D eigenvalue weighted by Gasteiger charge is 2.13. The van der Waals surface area contributed by atoms with Gasteiger partial charge >= 0.3 is 0 Å². The van der Waals surface area contributed by atoms with E-state index < -0.39 is 0 Å². The molecule has 3 aromatic heterocycles. The molecule has 18 heavy (non-hydrogen) atoms. The third-order valence-electron chi connectivity index (χ3n) is 2.51. The van der Waals surface area contributed by atoms with Gasteiger partial charge in [0.05, 0.1) is 6.33 Å². The lowest BCUT2D eigenvalue weighted by Gasteiger charge is -2.02. The summed E-state index contributed by atoms with van der Waals surface area (Å²) in [6.45, 7) is 1.89. The average molecular weight is 262 g/mol. The van der Waals surface area contributed by atoms with Crippen LogP contribution in [0.3, 0.4) is 0 Å². The van der Waals surface area contributed by atoms with Crippen molar-refractivity contribution in [1.29, 1.82) is 0 Å². The number of aryl methyl sites for hydroxylation is 1. The van der Waals surface area contributed by atoms with Gasteiger partial charge in [0.1, 0.15) is 16.4 Å². The standard InChI is InChI=1S/C9H10N8S/c1-4-15-16-9(17(4)2)18-7-5-6(12-3-11-5)13-8(10)14-7/h3H,1-2H3,(H3,10,11,12,13,14). The van der Waals surface area contributed by atoms with Crippen LogP contribution >= 0.6 is 11.8 Å². The minimum atomic E-state index is 0.191. The number of anilines is 1. The number of rotatable bonds is 2. The van der Waals surface area contributed by atoms with Crippen LogP contribution in [0.5, 0.6) is 0 Å². The molecule has 0 aliphatic rings. The first-order valence-electron chi connectivity index (χ1n) is 5.15. The summed E-state index contributed by atoms with van der Waals surface area (Å²) in [7, 11) is 1.90. The van der Waals surface area contributed by atoms with E-state index in [0.29, 0.717) is 10.7 Å². The summed E-state index contributed by atoms with van der Waals surface area (Å²) in [6, 6.07) is 0. The Bertz CT molecular complexity index is 715. The Morgan fingerprint density at radius 3 is 2.89 bits per heavy atom. The summed E-state index contributed by atoms with van der Waals surface area (Å²) in [5.74, 6) is 1.02. The Morgan fingerprint density at radius 2 is 2.17 bits per heavy atom. The molecule has 9 heteroatoms. The van der Waals surface area contributed by atoms with Crippen molar-refractivity contribution in [2.75, 3.05) is 5.73 Å². The van der Waals surface area contributed by atoms with Crippen molar-refractivity contribution >= 4 is 28.9 Å². The van der Waals surface area contributed by atoms with Gasteiger partial charge in [-0.3, -0.25) is 0 Å². The second-order valence-corrected chi connectivity index (χ2v) is 4.63. The zero-order valence-corrected chi connectivity index (χ0v) is 10.6. The first kappa shape index (κ1) is 11.0. The maximum absolute atomic E-state index is 5.65. The molecule has 0 atom stereocenters. The van der Waals surface area contributed by atoms with Gasteiger partial charge in [0.25, 0.3) is 0 Å². The zero-order chi connectivity index (χ0) is 12.7. The lowest BCUT2D eigenvalue weighted by Crippen LogP contribution is -1.98. The predicted molar refractivity (Wildman–Crippen MR) is 66.0 cm³/mol. The topological polar surface area (TPSA) is 111 Å². The van der Waals surface area contributed by atoms with E-state index in [4.69, 9.17) is 5.73 Å². The van der Waals surface area contributed by atoms with Gasteiger partial charge in [0.15, 0.2) is 10.8 Å². The summed E-state index contributed by atoms with van der Waals surface area (Å²) in [6.07, 6.45) is 1.56. The Labute approximate surface area is 106 Å². The van der Waals surface area contributed by atoms with Crippen molar-refractivity contribution < 1.29 is 0 Å². The number of nitrogens with two attached hydrogens (primary N) is 1. The molecule has 92 valence electrons. The van der Waals surface area contributed by atoms with Crippen LogP contribution in [0.2, 0.25) is 0 Å². The maximum atomic E-state index is 5.65. The van der Waals surface area contributed by atoms with Gasteiger partial charge in [-0.15, -0.1) is 10.2 Å². The second-order valence-electron chi connectivity index (χ2n) is 3.68. The number of imidazole rings is 1. The molecule has 0 saturated carbocycles. The molecule has 0 unspecified atom stereocenters. The number of nitrogen functional groups attached to an aromatic ring is 1. The molecule has 3 rings (SSSR count). The molecule has 0 bridgehead atoms. The molecule has 3 N–H and O–H groups in total. The average Bonchev–Trinajstić information content (AvgIpc) is 2.90. The SMILES string of the molecule is Cc1nnc(Sc2nc(N)nc3nc[nH]c23)n1C. The molecule has 0 aromatic carbocycles. The molecule has 3 heterocycles. The number of nitrogens with one attached hydrogen (secondary N) is 1. The molecule has 0 radical (unpaired) electrons. The molecule has 3 aromatic rings. The second kappa shape index (κ2) is 3.95. The number of fused-ring (bicyclic) bond motifs is 1. The quantitative estimate of drug-likeness (QED) is 0.647. The Morgan fingerprint density at radius 1 is 1.33 bits per heavy atom. The minimum absolute atomic E-state index is 0.191. The Hall–Kier alpha value is -2.16. The van der Waals surface area contributed by atoms with Crippen LogP contribution in [-0.4, -0.2) is 34.7 Å². The normalized spacial score (nSPS) is 11.2. The van der Waals surface area contributed by atoms with Gasteiger partial charge in [-0.1, -0.05) is 0 Å². The molecule has 8 nitrogen and oxygen atoms in total. The maximum Gasteiger partial charge on any atom is 0.223 e. The zero-order valence-electron chi connectivity index (χ0n) is 9.75. The minimum Gasteiger partial charge on any atom is -0.368 e. The molecular weight excluding hydrogens is 252 g/mol. The van der Waals surface area contributed by atoms with Crippen molar-refractivity contribution in [2.24, 2.45) is 7.05 Å². The molecule has 0 amide bonds. The van der Waals surface area contributed by atoms with E-state index in [0.717, 1.165) is 16.5 Å². The fourth-order valence-corrected chi connectivity index (χ4v) is 2.37. The molecule has 0 aliphatic heterocycles. The fraction of sp³-hybridized carbons (Fsp3) is 0.222. The first-order chi connectivity index (χ1) is 8.65. The monoisotopic (exact) mass is 262 g/mol. The highest BCUT2D eigenvalue weighted by molar-refractivity contribution is 7.99. The number of aromatic amines is 1. The van der Waals surface area contributed by atoms with Crippen molar-refractivity contribution in [3.05, 3.63) is 12.2 Å². The van der Waals surface area contributed by atoms with E-state index in [2.05, 4.69) is 30.1 Å². The van der Waals surface area contributed by atoms with Crippen LogP contribution in [0.4, 0.5) is 5.95 Å². The number of aromatic nitrogens is 7. The van der Waals surface area contributed by atoms with Gasteiger partial charge in [-0.25, -0.2) is 9.97 Å². The van der Waals surface area contributed by atoms with E-state index in [1.165, 1.54) is 11.8 Å². The predicted octanol–water partition coefficient (Wildman–Crippen LogP) is 0.523. The third-order valence-corrected chi connectivity index (χ3v) is 3.54. The van der Waals surface area contributed by atoms with Crippen LogP contribution < -0.4 is 5.73 Å². The molecule has 0 fully saturated rings. The van der Waals surface area contributed by atoms with Gasteiger partial charge in [-0.2, -0.15) is 4.98 Å². The van der Waals surface area contributed by atoms with E-state index in [-0.39, 0.29) is 5.95 Å². The number of H-pyrrole nitrogens is 1. The highest BCUT2D eigenvalue weighted by atomic mass is 32.2. The molecule has 0 saturated heterocycles. The summed E-state index contributed by atoms with van der Waals surface area (Å²) in [4.78, 5) is 15.3. The van der Waals surface area contributed by atoms with Gasteiger partial charge in [-0.05, 0) is 18.7 Å². The van der Waals surface area contributed by atoms with Gasteiger partial charge in [0, 0.05) is 7.05 Å². The molecule has 0 spiro atoms. The summed E-state index contributed by atoms with van der Waals surface area (Å²) in [5, 5.41) is 9.49. The summed E-state index contributed by atoms with van der Waals surface area (Å²) >= 11 is 1.37. The highest BCUT2D eigenvalue weighted by Crippen LogP contribution is 2.29. The van der Waals surface area contributed by atoms with Crippen molar-refractivity contribution in [3.8, 4) is 0 Å². The number of hydrogen-bond acceptors (Lipinski definition) is 7. The summed E-state index contributed by atoms with van der Waals surface area (Å²) < 4.78 is 1.88. The van der Waals surface area contributed by atoms with Crippen LogP contribution in [0.1, 0.15) is 5.82 Å². The van der Waals surface area contributed by atoms with Crippen LogP contribution in [0.15, 0.2) is 16.5 Å². The Balaban J connectivity index is 2.09. The van der Waals surface area contributed by atoms with E-state index in [1.54, 1.807) is 6.33 Å². The lowest BCUT2D eigenvalue weighted by atomic mass is 10.5. The van der Waals surface area contributed by atoms with E-state index >= 15 is 0 Å². The third kappa shape index (κ3) is 1.68. The van der Waals surface area contributed by atoms with E-state index in [9.17, 15) is 0 Å². The molecular formula is C9H10N8S. The van der Waals surface area contributed by atoms with Crippen molar-refractivity contribution in [1.82, 2.24) is 34.7 Å². The number of nitrogens with zero attached hydrogens (tertiary/aromatic N) is 6. The van der Waals surface area contributed by atoms with E-state index in [1.807, 2.05) is 18.5 Å². The largest absolute Gasteiger partial charge is 0.368 e. The van der Waals surface area contributed by atoms with Crippen molar-refractivity contribution in [3.63, 3.8) is 0 Å². The van der Waals surface area contributed by atoms with Crippen LogP contribution in [0.25, 0.3) is 11.2 Å². The lowest BCUT2D eigenvalue weighted by molar-refractivity contribution is 0.765. The van der Waals surface area contributed by atoms with Crippen LogP contribution in [0, 0.1) is 6.92 Å². The van der Waals surface area contributed by atoms with Gasteiger partial charge < -0.3 is 15.3 Å². The van der Waals surface area contributed by atoms with Crippen LogP contribution in [-0.2, 0) is 7.05 Å². The smallest absolute Gasteiger partial charge is 0.223 e. The first-order valence-corrected chi connectivity index (χ1v) is 5.97. The Kier molecular flexibility index (Phi) is 2.40. The number of hydrogen-bond donors (Lipinski definition) is 2. The van der Waals surface area contributed by atoms with Gasteiger partial charge in [0.2, 0.25) is 5.95 Å². The summed E-state index contributed by atoms with van der Waals surface area (Å²) in [5.41, 5.74) is 6.94.